The summed E-state index contributed by atoms with van der Waals surface area (Å²) in [6.07, 6.45) is 6.07. The molecule has 0 aliphatic carbocycles. The van der Waals surface area contributed by atoms with Crippen LogP contribution in [-0.4, -0.2) is 41.3 Å². The van der Waals surface area contributed by atoms with E-state index in [1.165, 1.54) is 5.56 Å². The average molecular weight is 439 g/mol. The fourth-order valence-corrected chi connectivity index (χ4v) is 5.12. The number of benzene rings is 2. The van der Waals surface area contributed by atoms with Crippen LogP contribution in [-0.2, 0) is 16.6 Å². The molecule has 0 bridgehead atoms. The molecule has 1 aromatic heterocycles. The van der Waals surface area contributed by atoms with Gasteiger partial charge in [-0.25, -0.2) is 13.4 Å². The smallest absolute Gasteiger partial charge is 0.271 e. The molecule has 1 aliphatic heterocycles. The van der Waals surface area contributed by atoms with E-state index in [0.29, 0.717) is 25.3 Å². The molecule has 0 saturated carbocycles. The van der Waals surface area contributed by atoms with Gasteiger partial charge in [-0.3, -0.25) is 4.79 Å². The van der Waals surface area contributed by atoms with Gasteiger partial charge in [0.05, 0.1) is 4.90 Å². The Kier molecular flexibility index (Phi) is 6.20. The lowest BCUT2D eigenvalue weighted by Crippen LogP contribution is -2.35. The Morgan fingerprint density at radius 1 is 1.00 bits per heavy atom. The number of hydrogen-bond donors (Lipinski definition) is 1. The van der Waals surface area contributed by atoms with Crippen LogP contribution in [0.1, 0.15) is 40.9 Å². The van der Waals surface area contributed by atoms with Crippen LogP contribution in [0.25, 0.3) is 5.69 Å². The lowest BCUT2D eigenvalue weighted by Gasteiger charge is -2.25. The first-order valence-electron chi connectivity index (χ1n) is 10.4. The lowest BCUT2D eigenvalue weighted by molar-refractivity contribution is 0.0946. The van der Waals surface area contributed by atoms with Gasteiger partial charge in [-0.15, -0.1) is 0 Å². The van der Waals surface area contributed by atoms with Crippen LogP contribution in [0.3, 0.4) is 0 Å². The highest BCUT2D eigenvalue weighted by Crippen LogP contribution is 2.22. The molecule has 2 aromatic carbocycles. The standard InChI is InChI=1S/C23H26N4O3S/c1-18-5-7-19(8-6-18)15-24-23(28)22-16-26(17-25-22)20-9-11-21(12-10-20)31(29,30)27-13-3-2-4-14-27/h5-12,16-17H,2-4,13-15H2,1H3,(H,24,28). The largest absolute Gasteiger partial charge is 0.347 e. The highest BCUT2D eigenvalue weighted by Gasteiger charge is 2.25. The van der Waals surface area contributed by atoms with E-state index in [-0.39, 0.29) is 10.8 Å². The summed E-state index contributed by atoms with van der Waals surface area (Å²) in [5.74, 6) is -0.261. The van der Waals surface area contributed by atoms with Gasteiger partial charge in [0, 0.05) is 31.5 Å². The molecule has 7 nitrogen and oxygen atoms in total. The van der Waals surface area contributed by atoms with Crippen molar-refractivity contribution in [3.05, 3.63) is 77.9 Å². The summed E-state index contributed by atoms with van der Waals surface area (Å²) in [5, 5.41) is 2.87. The van der Waals surface area contributed by atoms with E-state index in [0.717, 1.165) is 30.5 Å². The summed E-state index contributed by atoms with van der Waals surface area (Å²) in [6, 6.07) is 14.6. The first-order chi connectivity index (χ1) is 14.9. The second-order valence-electron chi connectivity index (χ2n) is 7.79. The van der Waals surface area contributed by atoms with Crippen molar-refractivity contribution in [1.82, 2.24) is 19.2 Å². The van der Waals surface area contributed by atoms with Gasteiger partial charge < -0.3 is 9.88 Å². The number of imidazole rings is 1. The number of carbonyl (C=O) groups is 1. The molecule has 0 spiro atoms. The molecule has 1 fully saturated rings. The summed E-state index contributed by atoms with van der Waals surface area (Å²) < 4.78 is 28.8. The molecular formula is C23H26N4O3S. The van der Waals surface area contributed by atoms with E-state index in [1.807, 2.05) is 31.2 Å². The Labute approximate surface area is 182 Å². The van der Waals surface area contributed by atoms with Crippen molar-refractivity contribution in [3.8, 4) is 5.69 Å². The second kappa shape index (κ2) is 9.03. The van der Waals surface area contributed by atoms with Gasteiger partial charge in [-0.2, -0.15) is 4.31 Å². The number of piperidine rings is 1. The van der Waals surface area contributed by atoms with E-state index in [1.54, 1.807) is 45.7 Å². The Morgan fingerprint density at radius 2 is 1.68 bits per heavy atom. The summed E-state index contributed by atoms with van der Waals surface area (Å²) in [7, 11) is -3.46. The summed E-state index contributed by atoms with van der Waals surface area (Å²) in [4.78, 5) is 16.9. The molecule has 2 heterocycles. The van der Waals surface area contributed by atoms with E-state index >= 15 is 0 Å². The zero-order valence-corrected chi connectivity index (χ0v) is 18.3. The number of nitrogens with zero attached hydrogens (tertiary/aromatic N) is 3. The van der Waals surface area contributed by atoms with E-state index in [4.69, 9.17) is 0 Å². The van der Waals surface area contributed by atoms with Crippen molar-refractivity contribution in [1.29, 1.82) is 0 Å². The van der Waals surface area contributed by atoms with Gasteiger partial charge in [0.15, 0.2) is 0 Å². The Balaban J connectivity index is 1.42. The number of carbonyl (C=O) groups excluding carboxylic acids is 1. The molecule has 1 aliphatic rings. The number of rotatable bonds is 6. The molecule has 3 aromatic rings. The predicted octanol–water partition coefficient (Wildman–Crippen LogP) is 3.29. The molecular weight excluding hydrogens is 412 g/mol. The Bertz CT molecular complexity index is 1150. The number of aromatic nitrogens is 2. The minimum Gasteiger partial charge on any atom is -0.347 e. The van der Waals surface area contributed by atoms with Crippen LogP contribution in [0.15, 0.2) is 66.0 Å². The van der Waals surface area contributed by atoms with Gasteiger partial charge in [0.2, 0.25) is 10.0 Å². The SMILES string of the molecule is Cc1ccc(CNC(=O)c2cn(-c3ccc(S(=O)(=O)N4CCCCC4)cc3)cn2)cc1. The molecule has 1 saturated heterocycles. The maximum atomic E-state index is 12.8. The lowest BCUT2D eigenvalue weighted by atomic mass is 10.1. The van der Waals surface area contributed by atoms with Crippen molar-refractivity contribution >= 4 is 15.9 Å². The molecule has 8 heteroatoms. The monoisotopic (exact) mass is 438 g/mol. The minimum absolute atomic E-state index is 0.261. The average Bonchev–Trinajstić information content (AvgIpc) is 3.30. The van der Waals surface area contributed by atoms with Gasteiger partial charge in [0.25, 0.3) is 5.91 Å². The first kappa shape index (κ1) is 21.3. The van der Waals surface area contributed by atoms with Crippen LogP contribution in [0.2, 0.25) is 0 Å². The summed E-state index contributed by atoms with van der Waals surface area (Å²) >= 11 is 0. The van der Waals surface area contributed by atoms with Crippen molar-refractivity contribution in [2.75, 3.05) is 13.1 Å². The number of nitrogens with one attached hydrogen (secondary N) is 1. The van der Waals surface area contributed by atoms with Crippen LogP contribution in [0, 0.1) is 6.92 Å². The Hall–Kier alpha value is -2.97. The third kappa shape index (κ3) is 4.86. The Morgan fingerprint density at radius 3 is 2.35 bits per heavy atom. The quantitative estimate of drug-likeness (QED) is 0.640. The highest BCUT2D eigenvalue weighted by atomic mass is 32.2. The van der Waals surface area contributed by atoms with E-state index in [9.17, 15) is 13.2 Å². The maximum Gasteiger partial charge on any atom is 0.271 e. The number of aryl methyl sites for hydroxylation is 1. The first-order valence-corrected chi connectivity index (χ1v) is 11.9. The fraction of sp³-hybridized carbons (Fsp3) is 0.304. The molecule has 0 unspecified atom stereocenters. The zero-order valence-electron chi connectivity index (χ0n) is 17.5. The van der Waals surface area contributed by atoms with E-state index < -0.39 is 10.0 Å². The molecule has 31 heavy (non-hydrogen) atoms. The normalized spacial score (nSPS) is 15.0. The second-order valence-corrected chi connectivity index (χ2v) is 9.73. The summed E-state index contributed by atoms with van der Waals surface area (Å²) in [6.45, 7) is 3.60. The van der Waals surface area contributed by atoms with Crippen molar-refractivity contribution in [2.24, 2.45) is 0 Å². The number of sulfonamides is 1. The minimum atomic E-state index is -3.46. The van der Waals surface area contributed by atoms with Crippen molar-refractivity contribution in [3.63, 3.8) is 0 Å². The zero-order chi connectivity index (χ0) is 21.8. The predicted molar refractivity (Wildman–Crippen MR) is 119 cm³/mol. The number of hydrogen-bond acceptors (Lipinski definition) is 4. The van der Waals surface area contributed by atoms with Crippen LogP contribution in [0.4, 0.5) is 0 Å². The van der Waals surface area contributed by atoms with Gasteiger partial charge in [-0.05, 0) is 49.6 Å². The van der Waals surface area contributed by atoms with Gasteiger partial charge in [-0.1, -0.05) is 36.2 Å². The fourth-order valence-electron chi connectivity index (χ4n) is 3.60. The number of amides is 1. The third-order valence-electron chi connectivity index (χ3n) is 5.48. The molecule has 162 valence electrons. The van der Waals surface area contributed by atoms with Gasteiger partial charge >= 0.3 is 0 Å². The summed E-state index contributed by atoms with van der Waals surface area (Å²) in [5.41, 5.74) is 3.23. The molecule has 1 amide bonds. The van der Waals surface area contributed by atoms with Crippen molar-refractivity contribution < 1.29 is 13.2 Å². The highest BCUT2D eigenvalue weighted by molar-refractivity contribution is 7.89. The third-order valence-corrected chi connectivity index (χ3v) is 7.39. The molecule has 0 radical (unpaired) electrons. The van der Waals surface area contributed by atoms with Crippen LogP contribution in [0.5, 0.6) is 0 Å². The molecule has 0 atom stereocenters. The van der Waals surface area contributed by atoms with Crippen LogP contribution < -0.4 is 5.32 Å². The van der Waals surface area contributed by atoms with Gasteiger partial charge in [0.1, 0.15) is 12.0 Å². The molecule has 1 N–H and O–H groups in total. The molecule has 4 rings (SSSR count). The topological polar surface area (TPSA) is 84.3 Å². The van der Waals surface area contributed by atoms with Crippen molar-refractivity contribution in [2.45, 2.75) is 37.6 Å². The van der Waals surface area contributed by atoms with E-state index in [2.05, 4.69) is 10.3 Å². The van der Waals surface area contributed by atoms with Crippen LogP contribution >= 0.6 is 0 Å². The maximum absolute atomic E-state index is 12.8.